The summed E-state index contributed by atoms with van der Waals surface area (Å²) in [5.74, 6) is 0. The summed E-state index contributed by atoms with van der Waals surface area (Å²) in [6.07, 6.45) is 10.6. The zero-order valence-corrected chi connectivity index (χ0v) is 11.3. The predicted molar refractivity (Wildman–Crippen MR) is 77.3 cm³/mol. The third kappa shape index (κ3) is 3.24. The van der Waals surface area contributed by atoms with Gasteiger partial charge in [-0.15, -0.1) is 0 Å². The van der Waals surface area contributed by atoms with Crippen LogP contribution >= 0.6 is 0 Å². The van der Waals surface area contributed by atoms with Crippen LogP contribution < -0.4 is 5.32 Å². The minimum Gasteiger partial charge on any atom is -0.310 e. The molecule has 0 atom stereocenters. The normalized spacial score (nSPS) is 16.6. The van der Waals surface area contributed by atoms with Crippen LogP contribution in [-0.4, -0.2) is 15.8 Å². The molecule has 1 heterocycles. The number of aromatic nitrogens is 2. The number of nitrogens with zero attached hydrogens (tertiary/aromatic N) is 2. The molecule has 2 aromatic rings. The van der Waals surface area contributed by atoms with Crippen molar-refractivity contribution in [1.29, 1.82) is 0 Å². The Morgan fingerprint density at radius 3 is 2.84 bits per heavy atom. The Balaban J connectivity index is 1.63. The molecular weight excluding hydrogens is 234 g/mol. The standard InChI is InChI=1S/C16H21N3/c1-2-7-15(8-3-1)17-13-14-6-4-9-16(12-14)19-11-5-10-18-19/h4-6,9-12,15,17H,1-3,7-8,13H2. The molecule has 1 aromatic carbocycles. The van der Waals surface area contributed by atoms with Crippen LogP contribution in [0.5, 0.6) is 0 Å². The second-order valence-corrected chi connectivity index (χ2v) is 5.34. The summed E-state index contributed by atoms with van der Waals surface area (Å²) in [6.45, 7) is 0.958. The molecule has 0 amide bonds. The van der Waals surface area contributed by atoms with Crippen LogP contribution in [0.3, 0.4) is 0 Å². The Kier molecular flexibility index (Phi) is 3.94. The van der Waals surface area contributed by atoms with Gasteiger partial charge in [0.15, 0.2) is 0 Å². The minimum atomic E-state index is 0.710. The number of hydrogen-bond acceptors (Lipinski definition) is 2. The summed E-state index contributed by atoms with van der Waals surface area (Å²) in [6, 6.07) is 11.3. The molecule has 1 aliphatic rings. The Hall–Kier alpha value is -1.61. The predicted octanol–water partition coefficient (Wildman–Crippen LogP) is 3.29. The second kappa shape index (κ2) is 6.02. The van der Waals surface area contributed by atoms with E-state index in [1.165, 1.54) is 37.7 Å². The first-order valence-corrected chi connectivity index (χ1v) is 7.24. The highest BCUT2D eigenvalue weighted by Gasteiger charge is 2.12. The van der Waals surface area contributed by atoms with Crippen molar-refractivity contribution in [2.45, 2.75) is 44.7 Å². The van der Waals surface area contributed by atoms with Crippen molar-refractivity contribution < 1.29 is 0 Å². The van der Waals surface area contributed by atoms with E-state index in [1.54, 1.807) is 0 Å². The minimum absolute atomic E-state index is 0.710. The van der Waals surface area contributed by atoms with E-state index in [0.29, 0.717) is 6.04 Å². The van der Waals surface area contributed by atoms with E-state index in [1.807, 2.05) is 23.1 Å². The van der Waals surface area contributed by atoms with Gasteiger partial charge in [0.1, 0.15) is 0 Å². The maximum atomic E-state index is 4.27. The lowest BCUT2D eigenvalue weighted by molar-refractivity contribution is 0.372. The SMILES string of the molecule is c1cc(CNC2CCCCC2)cc(-n2cccn2)c1. The molecule has 3 heteroatoms. The fourth-order valence-electron chi connectivity index (χ4n) is 2.80. The third-order valence-corrected chi connectivity index (χ3v) is 3.88. The van der Waals surface area contributed by atoms with Gasteiger partial charge in [0.2, 0.25) is 0 Å². The van der Waals surface area contributed by atoms with Gasteiger partial charge in [-0.25, -0.2) is 4.68 Å². The van der Waals surface area contributed by atoms with Crippen LogP contribution in [0.15, 0.2) is 42.7 Å². The number of benzene rings is 1. The molecule has 0 aliphatic heterocycles. The van der Waals surface area contributed by atoms with E-state index < -0.39 is 0 Å². The summed E-state index contributed by atoms with van der Waals surface area (Å²) in [7, 11) is 0. The van der Waals surface area contributed by atoms with Crippen LogP contribution in [0.4, 0.5) is 0 Å². The van der Waals surface area contributed by atoms with Gasteiger partial charge in [-0.3, -0.25) is 0 Å². The molecule has 1 aliphatic carbocycles. The monoisotopic (exact) mass is 255 g/mol. The molecular formula is C16H21N3. The van der Waals surface area contributed by atoms with Gasteiger partial charge in [-0.2, -0.15) is 5.10 Å². The smallest absolute Gasteiger partial charge is 0.0648 e. The summed E-state index contributed by atoms with van der Waals surface area (Å²) < 4.78 is 1.91. The van der Waals surface area contributed by atoms with Crippen molar-refractivity contribution in [2.24, 2.45) is 0 Å². The molecule has 1 fully saturated rings. The maximum Gasteiger partial charge on any atom is 0.0648 e. The Morgan fingerprint density at radius 1 is 1.16 bits per heavy atom. The van der Waals surface area contributed by atoms with E-state index >= 15 is 0 Å². The largest absolute Gasteiger partial charge is 0.310 e. The molecule has 0 unspecified atom stereocenters. The summed E-state index contributed by atoms with van der Waals surface area (Å²) >= 11 is 0. The average molecular weight is 255 g/mol. The van der Waals surface area contributed by atoms with Gasteiger partial charge < -0.3 is 5.32 Å². The van der Waals surface area contributed by atoms with E-state index in [2.05, 4.69) is 34.7 Å². The highest BCUT2D eigenvalue weighted by molar-refractivity contribution is 5.34. The van der Waals surface area contributed by atoms with Gasteiger partial charge in [0.05, 0.1) is 5.69 Å². The van der Waals surface area contributed by atoms with E-state index in [-0.39, 0.29) is 0 Å². The van der Waals surface area contributed by atoms with Crippen molar-refractivity contribution in [2.75, 3.05) is 0 Å². The topological polar surface area (TPSA) is 29.9 Å². The molecule has 0 radical (unpaired) electrons. The number of hydrogen-bond donors (Lipinski definition) is 1. The quantitative estimate of drug-likeness (QED) is 0.908. The van der Waals surface area contributed by atoms with Gasteiger partial charge in [-0.05, 0) is 36.6 Å². The molecule has 3 rings (SSSR count). The molecule has 0 bridgehead atoms. The van der Waals surface area contributed by atoms with Crippen molar-refractivity contribution >= 4 is 0 Å². The Bertz CT molecular complexity index is 498. The first-order valence-electron chi connectivity index (χ1n) is 7.24. The lowest BCUT2D eigenvalue weighted by atomic mass is 9.95. The van der Waals surface area contributed by atoms with Gasteiger partial charge in [0, 0.05) is 25.0 Å². The van der Waals surface area contributed by atoms with E-state index in [0.717, 1.165) is 12.2 Å². The molecule has 1 saturated carbocycles. The maximum absolute atomic E-state index is 4.27. The number of nitrogens with one attached hydrogen (secondary N) is 1. The average Bonchev–Trinajstić information content (AvgIpc) is 3.01. The zero-order chi connectivity index (χ0) is 12.9. The number of rotatable bonds is 4. The second-order valence-electron chi connectivity index (χ2n) is 5.34. The van der Waals surface area contributed by atoms with Gasteiger partial charge in [-0.1, -0.05) is 31.4 Å². The third-order valence-electron chi connectivity index (χ3n) is 3.88. The molecule has 1 N–H and O–H groups in total. The van der Waals surface area contributed by atoms with Crippen LogP contribution in [0, 0.1) is 0 Å². The lowest BCUT2D eigenvalue weighted by Gasteiger charge is -2.23. The van der Waals surface area contributed by atoms with Gasteiger partial charge in [0.25, 0.3) is 0 Å². The van der Waals surface area contributed by atoms with Crippen LogP contribution in [-0.2, 0) is 6.54 Å². The van der Waals surface area contributed by atoms with Crippen LogP contribution in [0.25, 0.3) is 5.69 Å². The highest BCUT2D eigenvalue weighted by atomic mass is 15.3. The Labute approximate surface area is 114 Å². The van der Waals surface area contributed by atoms with Crippen LogP contribution in [0.2, 0.25) is 0 Å². The first-order chi connectivity index (χ1) is 9.42. The summed E-state index contributed by atoms with van der Waals surface area (Å²) in [5, 5.41) is 7.95. The van der Waals surface area contributed by atoms with E-state index in [4.69, 9.17) is 0 Å². The summed E-state index contributed by atoms with van der Waals surface area (Å²) in [5.41, 5.74) is 2.46. The molecule has 0 saturated heterocycles. The molecule has 19 heavy (non-hydrogen) atoms. The Morgan fingerprint density at radius 2 is 2.05 bits per heavy atom. The zero-order valence-electron chi connectivity index (χ0n) is 11.3. The fourth-order valence-corrected chi connectivity index (χ4v) is 2.80. The summed E-state index contributed by atoms with van der Waals surface area (Å²) in [4.78, 5) is 0. The first kappa shape index (κ1) is 12.4. The van der Waals surface area contributed by atoms with Crippen molar-refractivity contribution in [1.82, 2.24) is 15.1 Å². The van der Waals surface area contributed by atoms with E-state index in [9.17, 15) is 0 Å². The van der Waals surface area contributed by atoms with Gasteiger partial charge >= 0.3 is 0 Å². The van der Waals surface area contributed by atoms with Crippen molar-refractivity contribution in [3.63, 3.8) is 0 Å². The van der Waals surface area contributed by atoms with Crippen LogP contribution in [0.1, 0.15) is 37.7 Å². The lowest BCUT2D eigenvalue weighted by Crippen LogP contribution is -2.30. The molecule has 0 spiro atoms. The van der Waals surface area contributed by atoms with Crippen molar-refractivity contribution in [3.05, 3.63) is 48.3 Å². The molecule has 100 valence electrons. The highest BCUT2D eigenvalue weighted by Crippen LogP contribution is 2.18. The molecule has 3 nitrogen and oxygen atoms in total. The fraction of sp³-hybridized carbons (Fsp3) is 0.438. The molecule has 1 aromatic heterocycles. The van der Waals surface area contributed by atoms with Crippen molar-refractivity contribution in [3.8, 4) is 5.69 Å².